The third kappa shape index (κ3) is 4.93. The third-order valence-electron chi connectivity index (χ3n) is 8.44. The Hall–Kier alpha value is -4.30. The number of nitrogens with zero attached hydrogens (tertiary/aromatic N) is 2. The number of fused-ring (bicyclic) bond motifs is 5. The van der Waals surface area contributed by atoms with Gasteiger partial charge in [0.25, 0.3) is 17.7 Å². The number of rotatable bonds is 7. The molecule has 0 aromatic heterocycles. The van der Waals surface area contributed by atoms with Crippen LogP contribution in [0.3, 0.4) is 0 Å². The number of amides is 3. The molecule has 2 aliphatic carbocycles. The summed E-state index contributed by atoms with van der Waals surface area (Å²) >= 11 is 5.99. The summed E-state index contributed by atoms with van der Waals surface area (Å²) in [4.78, 5) is 66.6. The van der Waals surface area contributed by atoms with Crippen molar-refractivity contribution in [1.82, 2.24) is 10.0 Å². The van der Waals surface area contributed by atoms with E-state index < -0.39 is 47.9 Å². The largest absolute Gasteiger partial charge is 0.423 e. The molecule has 9 heteroatoms. The SMILES string of the molecule is Cc1ccc(C(=O)Oc2ccc(C(=O)CN(C(=O)c3ccc(Cl)cc3)N3C(=O)[C@@H]4[C@H]5CC[C@@H](C5)[C@H]4C3=O)cc2)cc1. The Labute approximate surface area is 241 Å². The van der Waals surface area contributed by atoms with E-state index in [2.05, 4.69) is 0 Å². The number of esters is 1. The number of benzene rings is 3. The van der Waals surface area contributed by atoms with Crippen molar-refractivity contribution in [2.24, 2.45) is 23.7 Å². The van der Waals surface area contributed by atoms with Gasteiger partial charge in [0.15, 0.2) is 5.78 Å². The van der Waals surface area contributed by atoms with E-state index in [0.29, 0.717) is 10.6 Å². The van der Waals surface area contributed by atoms with Crippen LogP contribution in [0, 0.1) is 30.6 Å². The van der Waals surface area contributed by atoms with Crippen molar-refractivity contribution in [3.63, 3.8) is 0 Å². The Balaban J connectivity index is 1.23. The second-order valence-corrected chi connectivity index (χ2v) is 11.4. The van der Waals surface area contributed by atoms with E-state index in [1.54, 1.807) is 12.1 Å². The normalized spacial score (nSPS) is 22.5. The highest BCUT2D eigenvalue weighted by Gasteiger charge is 2.62. The first-order valence-corrected chi connectivity index (χ1v) is 14.0. The molecule has 3 aliphatic rings. The number of imide groups is 1. The van der Waals surface area contributed by atoms with Crippen LogP contribution in [0.2, 0.25) is 5.02 Å². The summed E-state index contributed by atoms with van der Waals surface area (Å²) in [5.74, 6) is -2.88. The fourth-order valence-electron chi connectivity index (χ4n) is 6.40. The van der Waals surface area contributed by atoms with E-state index in [0.717, 1.165) is 34.8 Å². The number of carbonyl (C=O) groups is 5. The minimum absolute atomic E-state index is 0.129. The average molecular weight is 571 g/mol. The van der Waals surface area contributed by atoms with E-state index in [1.165, 1.54) is 48.5 Å². The standard InChI is InChI=1S/C32H27ClN2O6/c1-18-2-4-21(5-3-18)32(40)41-25-14-10-19(11-15-25)26(36)17-34(29(37)20-8-12-24(33)13-9-20)35-30(38)27-22-6-7-23(16-22)28(27)31(35)39/h2-5,8-15,22-23,27-28H,6-7,16-17H2,1H3/t22-,23-,27+,28+/m0/s1. The van der Waals surface area contributed by atoms with Crippen molar-refractivity contribution in [3.05, 3.63) is 100 Å². The molecular formula is C32H27ClN2O6. The molecule has 2 saturated carbocycles. The summed E-state index contributed by atoms with van der Waals surface area (Å²) in [5, 5.41) is 2.30. The maximum Gasteiger partial charge on any atom is 0.343 e. The number of Topliss-reactive ketones (excluding diaryl/α,β-unsaturated/α-hetero) is 1. The first-order chi connectivity index (χ1) is 19.7. The first-order valence-electron chi connectivity index (χ1n) is 13.6. The lowest BCUT2D eigenvalue weighted by molar-refractivity contribution is -0.155. The number of aryl methyl sites for hydroxylation is 1. The lowest BCUT2D eigenvalue weighted by atomic mass is 9.81. The van der Waals surface area contributed by atoms with E-state index >= 15 is 0 Å². The van der Waals surface area contributed by atoms with E-state index in [4.69, 9.17) is 16.3 Å². The average Bonchev–Trinajstić information content (AvgIpc) is 3.66. The molecule has 3 amide bonds. The van der Waals surface area contributed by atoms with Crippen LogP contribution in [-0.4, -0.2) is 46.0 Å². The molecule has 3 aromatic carbocycles. The summed E-state index contributed by atoms with van der Waals surface area (Å²) in [6, 6.07) is 18.9. The second kappa shape index (κ2) is 10.6. The lowest BCUT2D eigenvalue weighted by Gasteiger charge is -2.30. The first kappa shape index (κ1) is 26.9. The topological polar surface area (TPSA) is 101 Å². The zero-order chi connectivity index (χ0) is 28.8. The highest BCUT2D eigenvalue weighted by molar-refractivity contribution is 6.30. The van der Waals surface area contributed by atoms with Gasteiger partial charge in [0.05, 0.1) is 17.4 Å². The summed E-state index contributed by atoms with van der Waals surface area (Å²) in [6.07, 6.45) is 2.64. The van der Waals surface area contributed by atoms with Gasteiger partial charge in [-0.25, -0.2) is 9.80 Å². The smallest absolute Gasteiger partial charge is 0.343 e. The molecule has 208 valence electrons. The van der Waals surface area contributed by atoms with Gasteiger partial charge in [0, 0.05) is 16.1 Å². The maximum atomic E-state index is 13.7. The number of carbonyl (C=O) groups excluding carboxylic acids is 5. The molecule has 1 saturated heterocycles. The molecule has 3 aromatic rings. The van der Waals surface area contributed by atoms with Crippen molar-refractivity contribution in [2.75, 3.05) is 6.54 Å². The molecular weight excluding hydrogens is 544 g/mol. The molecule has 6 rings (SSSR count). The Morgan fingerprint density at radius 3 is 1.93 bits per heavy atom. The Kier molecular flexibility index (Phi) is 6.95. The van der Waals surface area contributed by atoms with Crippen LogP contribution >= 0.6 is 11.6 Å². The molecule has 0 spiro atoms. The van der Waals surface area contributed by atoms with Crippen LogP contribution in [0.15, 0.2) is 72.8 Å². The third-order valence-corrected chi connectivity index (χ3v) is 8.69. The number of hydrogen-bond donors (Lipinski definition) is 0. The van der Waals surface area contributed by atoms with Crippen LogP contribution in [0.4, 0.5) is 0 Å². The zero-order valence-corrected chi connectivity index (χ0v) is 23.0. The van der Waals surface area contributed by atoms with Crippen molar-refractivity contribution < 1.29 is 28.7 Å². The van der Waals surface area contributed by atoms with Gasteiger partial charge in [-0.05, 0) is 98.7 Å². The minimum Gasteiger partial charge on any atom is -0.423 e. The number of hydrogen-bond acceptors (Lipinski definition) is 6. The van der Waals surface area contributed by atoms with E-state index in [9.17, 15) is 24.0 Å². The Morgan fingerprint density at radius 2 is 1.34 bits per heavy atom. The van der Waals surface area contributed by atoms with Crippen molar-refractivity contribution in [2.45, 2.75) is 26.2 Å². The van der Waals surface area contributed by atoms with Gasteiger partial charge in [-0.3, -0.25) is 19.2 Å². The van der Waals surface area contributed by atoms with E-state index in [-0.39, 0.29) is 28.7 Å². The molecule has 1 aliphatic heterocycles. The summed E-state index contributed by atoms with van der Waals surface area (Å²) in [7, 11) is 0. The molecule has 3 fully saturated rings. The quantitative estimate of drug-likeness (QED) is 0.169. The molecule has 1 heterocycles. The molecule has 0 radical (unpaired) electrons. The van der Waals surface area contributed by atoms with Gasteiger partial charge in [0.1, 0.15) is 12.3 Å². The fourth-order valence-corrected chi connectivity index (χ4v) is 6.52. The van der Waals surface area contributed by atoms with Gasteiger partial charge < -0.3 is 4.74 Å². The zero-order valence-electron chi connectivity index (χ0n) is 22.3. The fraction of sp³-hybridized carbons (Fsp3) is 0.281. The van der Waals surface area contributed by atoms with E-state index in [1.807, 2.05) is 19.1 Å². The molecule has 0 unspecified atom stereocenters. The Morgan fingerprint density at radius 1 is 0.805 bits per heavy atom. The predicted molar refractivity (Wildman–Crippen MR) is 149 cm³/mol. The summed E-state index contributed by atoms with van der Waals surface area (Å²) in [6.45, 7) is 1.40. The van der Waals surface area contributed by atoms with Crippen LogP contribution in [0.1, 0.15) is 55.9 Å². The number of halogens is 1. The van der Waals surface area contributed by atoms with Gasteiger partial charge in [-0.1, -0.05) is 29.3 Å². The molecule has 2 bridgehead atoms. The van der Waals surface area contributed by atoms with Crippen molar-refractivity contribution in [3.8, 4) is 5.75 Å². The second-order valence-electron chi connectivity index (χ2n) is 10.9. The van der Waals surface area contributed by atoms with Crippen LogP contribution < -0.4 is 4.74 Å². The maximum absolute atomic E-state index is 13.7. The van der Waals surface area contributed by atoms with Crippen LogP contribution in [-0.2, 0) is 9.59 Å². The van der Waals surface area contributed by atoms with Gasteiger partial charge in [-0.2, -0.15) is 5.01 Å². The van der Waals surface area contributed by atoms with Gasteiger partial charge >= 0.3 is 5.97 Å². The summed E-state index contributed by atoms with van der Waals surface area (Å²) < 4.78 is 5.42. The van der Waals surface area contributed by atoms with Crippen molar-refractivity contribution >= 4 is 41.1 Å². The van der Waals surface area contributed by atoms with Gasteiger partial charge in [-0.15, -0.1) is 0 Å². The summed E-state index contributed by atoms with van der Waals surface area (Å²) in [5.41, 5.74) is 1.83. The molecule has 0 N–H and O–H groups in total. The van der Waals surface area contributed by atoms with Crippen molar-refractivity contribution in [1.29, 1.82) is 0 Å². The minimum atomic E-state index is -0.646. The van der Waals surface area contributed by atoms with Crippen LogP contribution in [0.25, 0.3) is 0 Å². The molecule has 4 atom stereocenters. The highest BCUT2D eigenvalue weighted by atomic mass is 35.5. The monoisotopic (exact) mass is 570 g/mol. The molecule has 8 nitrogen and oxygen atoms in total. The molecule has 41 heavy (non-hydrogen) atoms. The number of ketones is 1. The number of ether oxygens (including phenoxy) is 1. The predicted octanol–water partition coefficient (Wildman–Crippen LogP) is 5.14. The van der Waals surface area contributed by atoms with Crippen LogP contribution in [0.5, 0.6) is 5.75 Å². The Bertz CT molecular complexity index is 1520. The van der Waals surface area contributed by atoms with Gasteiger partial charge in [0.2, 0.25) is 0 Å². The lowest BCUT2D eigenvalue weighted by Crippen LogP contribution is -2.52. The highest BCUT2D eigenvalue weighted by Crippen LogP contribution is 2.56. The number of hydrazine groups is 1.